The largest absolute Gasteiger partial charge is 0.320 e. The minimum absolute atomic E-state index is 0.187. The monoisotopic (exact) mass is 123 g/mol. The van der Waals surface area contributed by atoms with Crippen molar-refractivity contribution in [1.82, 2.24) is 5.32 Å². The first-order valence-corrected chi connectivity index (χ1v) is 5.26. The van der Waals surface area contributed by atoms with Gasteiger partial charge in [0.1, 0.15) is 8.83 Å². The highest BCUT2D eigenvalue weighted by atomic mass is 35.6. The van der Waals surface area contributed by atoms with Gasteiger partial charge in [0, 0.05) is 0 Å². The molecule has 0 atom stereocenters. The van der Waals surface area contributed by atoms with Crippen molar-refractivity contribution in [3.8, 4) is 0 Å². The zero-order chi connectivity index (χ0) is 4.83. The number of hydrogen-bond donors (Lipinski definition) is 1. The summed E-state index contributed by atoms with van der Waals surface area (Å²) in [5, 5.41) is 3.02. The van der Waals surface area contributed by atoms with Crippen LogP contribution in [0, 0.1) is 0 Å². The summed E-state index contributed by atoms with van der Waals surface area (Å²) in [5.41, 5.74) is 0. The Labute approximate surface area is 45.6 Å². The van der Waals surface area contributed by atoms with Crippen LogP contribution in [-0.2, 0) is 0 Å². The molecule has 0 aromatic heterocycles. The van der Waals surface area contributed by atoms with E-state index in [-0.39, 0.29) is 8.83 Å². The van der Waals surface area contributed by atoms with E-state index in [2.05, 4.69) is 5.32 Å². The number of rotatable bonds is 3. The van der Waals surface area contributed by atoms with Gasteiger partial charge < -0.3 is 5.32 Å². The van der Waals surface area contributed by atoms with E-state index in [1.807, 2.05) is 7.05 Å². The van der Waals surface area contributed by atoms with Gasteiger partial charge in [-0.15, -0.1) is 0 Å². The summed E-state index contributed by atoms with van der Waals surface area (Å²) in [7, 11) is 1.76. The third kappa shape index (κ3) is 4.47. The fourth-order valence-corrected chi connectivity index (χ4v) is 1.13. The fraction of sp³-hybridized carbons (Fsp3) is 1.00. The van der Waals surface area contributed by atoms with Crippen LogP contribution in [-0.4, -0.2) is 22.4 Å². The van der Waals surface area contributed by atoms with Gasteiger partial charge in [0.05, 0.1) is 0 Å². The molecule has 0 aromatic rings. The maximum atomic E-state index is 5.48. The Kier molecular flexibility index (Phi) is 5.89. The van der Waals surface area contributed by atoms with E-state index in [9.17, 15) is 0 Å². The molecule has 0 unspecified atom stereocenters. The molecular formula is C3H10ClNSi. The molecule has 0 aromatic carbocycles. The van der Waals surface area contributed by atoms with E-state index in [1.54, 1.807) is 0 Å². The number of hydrogen-bond acceptors (Lipinski definition) is 1. The lowest BCUT2D eigenvalue weighted by Gasteiger charge is -1.87. The molecule has 0 aliphatic rings. The molecule has 6 heavy (non-hydrogen) atoms. The summed E-state index contributed by atoms with van der Waals surface area (Å²) in [5.74, 6) is 0. The fourth-order valence-electron chi connectivity index (χ4n) is 0.244. The van der Waals surface area contributed by atoms with Crippen LogP contribution in [0.2, 0.25) is 6.04 Å². The Hall–Kier alpha value is 0.467. The van der Waals surface area contributed by atoms with Crippen LogP contribution < -0.4 is 5.32 Å². The molecule has 0 bridgehead atoms. The maximum absolute atomic E-state index is 5.48. The van der Waals surface area contributed by atoms with Crippen LogP contribution in [0.5, 0.6) is 0 Å². The third-order valence-electron chi connectivity index (χ3n) is 0.560. The molecule has 0 saturated carbocycles. The molecule has 0 spiro atoms. The Morgan fingerprint density at radius 1 is 1.83 bits per heavy atom. The quantitative estimate of drug-likeness (QED) is 0.315. The minimum atomic E-state index is -0.187. The second-order valence-corrected chi connectivity index (χ2v) is 3.37. The number of halogens is 1. The van der Waals surface area contributed by atoms with E-state index in [4.69, 9.17) is 11.1 Å². The van der Waals surface area contributed by atoms with Crippen molar-refractivity contribution in [1.29, 1.82) is 0 Å². The predicted molar refractivity (Wildman–Crippen MR) is 33.1 cm³/mol. The summed E-state index contributed by atoms with van der Waals surface area (Å²) < 4.78 is 0. The van der Waals surface area contributed by atoms with Crippen molar-refractivity contribution in [2.75, 3.05) is 13.6 Å². The molecule has 0 heterocycles. The Balaban J connectivity index is 2.34. The SMILES string of the molecule is CNCC[SiH2]Cl. The molecule has 0 aliphatic carbocycles. The standard InChI is InChI=1S/C3H10ClNSi/c1-5-2-3-6-4/h5H,2-3,6H2,1H3. The Morgan fingerprint density at radius 2 is 2.50 bits per heavy atom. The molecule has 38 valence electrons. The smallest absolute Gasteiger partial charge is 0.126 e. The maximum Gasteiger partial charge on any atom is 0.126 e. The van der Waals surface area contributed by atoms with Crippen LogP contribution in [0.1, 0.15) is 0 Å². The zero-order valence-electron chi connectivity index (χ0n) is 4.00. The van der Waals surface area contributed by atoms with Crippen LogP contribution in [0.4, 0.5) is 0 Å². The van der Waals surface area contributed by atoms with Crippen molar-refractivity contribution in [3.63, 3.8) is 0 Å². The molecule has 0 radical (unpaired) electrons. The Morgan fingerprint density at radius 3 is 2.67 bits per heavy atom. The van der Waals surface area contributed by atoms with Crippen LogP contribution in [0.3, 0.4) is 0 Å². The van der Waals surface area contributed by atoms with E-state index >= 15 is 0 Å². The van der Waals surface area contributed by atoms with E-state index in [0.29, 0.717) is 0 Å². The summed E-state index contributed by atoms with van der Waals surface area (Å²) in [4.78, 5) is 0. The molecule has 1 nitrogen and oxygen atoms in total. The second-order valence-electron chi connectivity index (χ2n) is 1.15. The third-order valence-corrected chi connectivity index (χ3v) is 1.98. The first kappa shape index (κ1) is 6.47. The molecule has 0 rings (SSSR count). The van der Waals surface area contributed by atoms with Crippen molar-refractivity contribution in [2.24, 2.45) is 0 Å². The lowest BCUT2D eigenvalue weighted by atomic mass is 10.8. The van der Waals surface area contributed by atoms with Crippen molar-refractivity contribution in [2.45, 2.75) is 6.04 Å². The average molecular weight is 124 g/mol. The summed E-state index contributed by atoms with van der Waals surface area (Å²) in [6.45, 7) is 1.09. The van der Waals surface area contributed by atoms with Gasteiger partial charge in [-0.3, -0.25) is 0 Å². The first-order chi connectivity index (χ1) is 2.91. The minimum Gasteiger partial charge on any atom is -0.320 e. The summed E-state index contributed by atoms with van der Waals surface area (Å²) in [6.07, 6.45) is 0. The van der Waals surface area contributed by atoms with Crippen molar-refractivity contribution < 1.29 is 0 Å². The average Bonchev–Trinajstić information content (AvgIpc) is 1.61. The van der Waals surface area contributed by atoms with Crippen LogP contribution in [0.25, 0.3) is 0 Å². The highest BCUT2D eigenvalue weighted by molar-refractivity contribution is 6.93. The second kappa shape index (κ2) is 5.47. The van der Waals surface area contributed by atoms with Crippen LogP contribution >= 0.6 is 11.1 Å². The molecule has 0 fully saturated rings. The van der Waals surface area contributed by atoms with E-state index < -0.39 is 0 Å². The van der Waals surface area contributed by atoms with Gasteiger partial charge in [0.25, 0.3) is 0 Å². The van der Waals surface area contributed by atoms with Gasteiger partial charge in [-0.2, -0.15) is 11.1 Å². The molecule has 0 amide bonds. The molecular weight excluding hydrogens is 114 g/mol. The van der Waals surface area contributed by atoms with Gasteiger partial charge in [0.15, 0.2) is 0 Å². The lowest BCUT2D eigenvalue weighted by Crippen LogP contribution is -2.07. The topological polar surface area (TPSA) is 12.0 Å². The van der Waals surface area contributed by atoms with Gasteiger partial charge in [0.2, 0.25) is 0 Å². The van der Waals surface area contributed by atoms with E-state index in [1.165, 1.54) is 6.04 Å². The van der Waals surface area contributed by atoms with Gasteiger partial charge >= 0.3 is 0 Å². The van der Waals surface area contributed by atoms with Crippen molar-refractivity contribution in [3.05, 3.63) is 0 Å². The predicted octanol–water partition coefficient (Wildman–Crippen LogP) is -0.0533. The van der Waals surface area contributed by atoms with Crippen molar-refractivity contribution >= 4 is 19.9 Å². The highest BCUT2D eigenvalue weighted by Gasteiger charge is 1.76. The first-order valence-electron chi connectivity index (χ1n) is 2.12. The van der Waals surface area contributed by atoms with Gasteiger partial charge in [-0.25, -0.2) is 0 Å². The lowest BCUT2D eigenvalue weighted by molar-refractivity contribution is 0.861. The Bertz CT molecular complexity index is 22.8. The molecule has 3 heteroatoms. The molecule has 0 aliphatic heterocycles. The van der Waals surface area contributed by atoms with E-state index in [0.717, 1.165) is 6.54 Å². The summed E-state index contributed by atoms with van der Waals surface area (Å²) >= 11 is 5.48. The highest BCUT2D eigenvalue weighted by Crippen LogP contribution is 1.75. The van der Waals surface area contributed by atoms with Gasteiger partial charge in [-0.1, -0.05) is 0 Å². The summed E-state index contributed by atoms with van der Waals surface area (Å²) in [6, 6.07) is 1.21. The normalized spacial score (nSPS) is 11.0. The zero-order valence-corrected chi connectivity index (χ0v) is 6.17. The van der Waals surface area contributed by atoms with Crippen LogP contribution in [0.15, 0.2) is 0 Å². The van der Waals surface area contributed by atoms with Gasteiger partial charge in [-0.05, 0) is 19.6 Å². The number of nitrogens with one attached hydrogen (secondary N) is 1. The molecule has 1 N–H and O–H groups in total. The molecule has 0 saturated heterocycles.